The number of rotatable bonds is 6. The van der Waals surface area contributed by atoms with E-state index in [1.807, 2.05) is 42.5 Å². The number of ether oxygens (including phenoxy) is 2. The summed E-state index contributed by atoms with van der Waals surface area (Å²) in [4.78, 5) is 11.9. The minimum atomic E-state index is -1.13. The zero-order valence-corrected chi connectivity index (χ0v) is 18.4. The van der Waals surface area contributed by atoms with Gasteiger partial charge in [0.15, 0.2) is 0 Å². The van der Waals surface area contributed by atoms with Crippen LogP contribution >= 0.6 is 15.9 Å². The van der Waals surface area contributed by atoms with Gasteiger partial charge in [0, 0.05) is 22.9 Å². The Morgan fingerprint density at radius 3 is 2.66 bits per heavy atom. The van der Waals surface area contributed by atoms with Crippen molar-refractivity contribution in [2.24, 2.45) is 0 Å². The van der Waals surface area contributed by atoms with Gasteiger partial charge in [-0.3, -0.25) is 0 Å². The van der Waals surface area contributed by atoms with Crippen molar-refractivity contribution in [3.63, 3.8) is 0 Å². The van der Waals surface area contributed by atoms with Gasteiger partial charge < -0.3 is 24.5 Å². The molecule has 0 aromatic heterocycles. The molecule has 0 radical (unpaired) electrons. The van der Waals surface area contributed by atoms with Gasteiger partial charge in [-0.25, -0.2) is 4.79 Å². The van der Waals surface area contributed by atoms with Crippen LogP contribution in [0.25, 0.3) is 0 Å². The third-order valence-electron chi connectivity index (χ3n) is 4.38. The predicted molar refractivity (Wildman–Crippen MR) is 115 cm³/mol. The molecule has 0 saturated carbocycles. The van der Waals surface area contributed by atoms with Crippen molar-refractivity contribution < 1.29 is 23.9 Å². The van der Waals surface area contributed by atoms with E-state index in [0.29, 0.717) is 17.8 Å². The Balaban J connectivity index is 1.68. The van der Waals surface area contributed by atoms with E-state index in [2.05, 4.69) is 21.2 Å². The third kappa shape index (κ3) is 5.75. The Labute approximate surface area is 179 Å². The smallest absolute Gasteiger partial charge is 0.494 e. The largest absolute Gasteiger partial charge is 0.495 e. The van der Waals surface area contributed by atoms with Crippen molar-refractivity contribution in [1.29, 1.82) is 0 Å². The second-order valence-electron chi connectivity index (χ2n) is 7.82. The molecule has 154 valence electrons. The number of carbonyl (C=O) groups excluding carboxylic acids is 1. The van der Waals surface area contributed by atoms with Crippen LogP contribution in [0.15, 0.2) is 46.9 Å². The highest BCUT2D eigenvalue weighted by atomic mass is 79.9. The maximum atomic E-state index is 11.9. The van der Waals surface area contributed by atoms with Crippen LogP contribution in [-0.4, -0.2) is 37.0 Å². The molecule has 2 aromatic carbocycles. The summed E-state index contributed by atoms with van der Waals surface area (Å²) in [5.74, 6) is 0.575. The fraction of sp³-hybridized carbons (Fsp3) is 0.381. The number of nitrogens with one attached hydrogen (secondary N) is 1. The fourth-order valence-electron chi connectivity index (χ4n) is 3.15. The first-order valence-electron chi connectivity index (χ1n) is 9.54. The number of fused-ring (bicyclic) bond motifs is 1. The Bertz CT molecular complexity index is 856. The standard InChI is InChI=1S/C21H25BBrNO5/c1-21(2,3)28-20(25)24-13-17-18-15(23)9-10-16(19(18)22(26)29-17)27-12-11-14-7-5-4-6-8-14/h4-10,17,26H,11-13H2,1-3H3,(H,24,25). The highest BCUT2D eigenvalue weighted by molar-refractivity contribution is 9.10. The van der Waals surface area contributed by atoms with Gasteiger partial charge in [0.1, 0.15) is 11.4 Å². The average Bonchev–Trinajstić information content (AvgIpc) is 2.99. The summed E-state index contributed by atoms with van der Waals surface area (Å²) in [5.41, 5.74) is 1.95. The monoisotopic (exact) mass is 461 g/mol. The van der Waals surface area contributed by atoms with Gasteiger partial charge in [0.25, 0.3) is 0 Å². The number of amides is 1. The Hall–Kier alpha value is -2.03. The molecule has 1 unspecified atom stereocenters. The van der Waals surface area contributed by atoms with E-state index in [0.717, 1.165) is 16.5 Å². The Kier molecular flexibility index (Phi) is 6.87. The minimum absolute atomic E-state index is 0.172. The second-order valence-corrected chi connectivity index (χ2v) is 8.67. The summed E-state index contributed by atoms with van der Waals surface area (Å²) in [6, 6.07) is 13.7. The average molecular weight is 462 g/mol. The third-order valence-corrected chi connectivity index (χ3v) is 5.07. The summed E-state index contributed by atoms with van der Waals surface area (Å²) in [6.07, 6.45) is -0.290. The molecule has 2 aromatic rings. The van der Waals surface area contributed by atoms with Crippen LogP contribution in [0.5, 0.6) is 5.75 Å². The molecular weight excluding hydrogens is 437 g/mol. The van der Waals surface area contributed by atoms with Gasteiger partial charge in [0.05, 0.1) is 12.7 Å². The maximum absolute atomic E-state index is 11.9. The summed E-state index contributed by atoms with van der Waals surface area (Å²) in [7, 11) is -1.13. The number of carbonyl (C=O) groups is 1. The first-order chi connectivity index (χ1) is 13.7. The van der Waals surface area contributed by atoms with Crippen molar-refractivity contribution in [2.75, 3.05) is 13.2 Å². The van der Waals surface area contributed by atoms with Gasteiger partial charge in [-0.1, -0.05) is 46.3 Å². The molecule has 0 bridgehead atoms. The van der Waals surface area contributed by atoms with Crippen molar-refractivity contribution in [3.05, 3.63) is 58.1 Å². The van der Waals surface area contributed by atoms with Gasteiger partial charge in [-0.15, -0.1) is 0 Å². The normalized spacial score (nSPS) is 15.8. The first-order valence-corrected chi connectivity index (χ1v) is 10.3. The molecule has 1 aliphatic heterocycles. The SMILES string of the molecule is CC(C)(C)OC(=O)NCC1OB(O)c2c(OCCc3ccccc3)ccc(Br)c21. The molecular formula is C21H25BBrNO5. The molecule has 0 aliphatic carbocycles. The summed E-state index contributed by atoms with van der Waals surface area (Å²) in [5, 5.41) is 13.2. The zero-order valence-electron chi connectivity index (χ0n) is 16.8. The molecule has 1 aliphatic rings. The van der Waals surface area contributed by atoms with Crippen LogP contribution < -0.4 is 15.5 Å². The molecule has 1 atom stereocenters. The number of benzene rings is 2. The molecule has 1 amide bonds. The number of halogens is 1. The van der Waals surface area contributed by atoms with Crippen LogP contribution in [0.3, 0.4) is 0 Å². The van der Waals surface area contributed by atoms with E-state index in [1.165, 1.54) is 5.56 Å². The van der Waals surface area contributed by atoms with Gasteiger partial charge >= 0.3 is 13.2 Å². The zero-order chi connectivity index (χ0) is 21.0. The van der Waals surface area contributed by atoms with Crippen molar-refractivity contribution in [1.82, 2.24) is 5.32 Å². The van der Waals surface area contributed by atoms with Crippen molar-refractivity contribution in [2.45, 2.75) is 38.9 Å². The maximum Gasteiger partial charge on any atom is 0.495 e. The highest BCUT2D eigenvalue weighted by Crippen LogP contribution is 2.33. The van der Waals surface area contributed by atoms with E-state index >= 15 is 0 Å². The van der Waals surface area contributed by atoms with E-state index in [1.54, 1.807) is 20.8 Å². The molecule has 0 saturated heterocycles. The second kappa shape index (κ2) is 9.20. The fourth-order valence-corrected chi connectivity index (χ4v) is 3.75. The molecule has 8 heteroatoms. The lowest BCUT2D eigenvalue weighted by molar-refractivity contribution is 0.0498. The molecule has 3 rings (SSSR count). The van der Waals surface area contributed by atoms with E-state index in [-0.39, 0.29) is 6.54 Å². The molecule has 2 N–H and O–H groups in total. The van der Waals surface area contributed by atoms with Crippen molar-refractivity contribution in [3.8, 4) is 5.75 Å². The van der Waals surface area contributed by atoms with E-state index in [9.17, 15) is 9.82 Å². The molecule has 6 nitrogen and oxygen atoms in total. The van der Waals surface area contributed by atoms with Crippen LogP contribution in [0.1, 0.15) is 38.0 Å². The lowest BCUT2D eigenvalue weighted by Crippen LogP contribution is -2.35. The van der Waals surface area contributed by atoms with E-state index in [4.69, 9.17) is 14.1 Å². The van der Waals surface area contributed by atoms with Crippen LogP contribution in [0, 0.1) is 0 Å². The molecule has 0 spiro atoms. The van der Waals surface area contributed by atoms with Gasteiger partial charge in [-0.2, -0.15) is 0 Å². The number of hydrogen-bond donors (Lipinski definition) is 2. The predicted octanol–water partition coefficient (Wildman–Crippen LogP) is 3.35. The number of hydrogen-bond acceptors (Lipinski definition) is 5. The van der Waals surface area contributed by atoms with Crippen LogP contribution in [-0.2, 0) is 15.8 Å². The topological polar surface area (TPSA) is 77.0 Å². The molecule has 1 heterocycles. The van der Waals surface area contributed by atoms with E-state index < -0.39 is 24.9 Å². The van der Waals surface area contributed by atoms with Gasteiger partial charge in [-0.05, 0) is 44.0 Å². The number of alkyl carbamates (subject to hydrolysis) is 1. The summed E-state index contributed by atoms with van der Waals surface area (Å²) < 4.78 is 17.7. The van der Waals surface area contributed by atoms with Gasteiger partial charge in [0.2, 0.25) is 0 Å². The quantitative estimate of drug-likeness (QED) is 0.645. The van der Waals surface area contributed by atoms with Crippen molar-refractivity contribution >= 4 is 34.6 Å². The summed E-state index contributed by atoms with van der Waals surface area (Å²) >= 11 is 3.52. The highest BCUT2D eigenvalue weighted by Gasteiger charge is 2.39. The lowest BCUT2D eigenvalue weighted by atomic mass is 9.78. The Morgan fingerprint density at radius 2 is 1.97 bits per heavy atom. The first kappa shape index (κ1) is 21.7. The lowest BCUT2D eigenvalue weighted by Gasteiger charge is -2.21. The van der Waals surface area contributed by atoms with Crippen LogP contribution in [0.4, 0.5) is 4.79 Å². The summed E-state index contributed by atoms with van der Waals surface area (Å²) in [6.45, 7) is 6.05. The Morgan fingerprint density at radius 1 is 1.24 bits per heavy atom. The minimum Gasteiger partial charge on any atom is -0.494 e. The molecule has 0 fully saturated rings. The van der Waals surface area contributed by atoms with Crippen LogP contribution in [0.2, 0.25) is 0 Å². The molecule has 29 heavy (non-hydrogen) atoms.